The number of benzene rings is 1. The van der Waals surface area contributed by atoms with Gasteiger partial charge in [0.15, 0.2) is 0 Å². The Kier molecular flexibility index (Phi) is 4.43. The predicted octanol–water partition coefficient (Wildman–Crippen LogP) is 1.57. The largest absolute Gasteiger partial charge is 0.495 e. The fourth-order valence-electron chi connectivity index (χ4n) is 3.39. The quantitative estimate of drug-likeness (QED) is 0.906. The van der Waals surface area contributed by atoms with Gasteiger partial charge in [-0.25, -0.2) is 0 Å². The van der Waals surface area contributed by atoms with Gasteiger partial charge >= 0.3 is 0 Å². The van der Waals surface area contributed by atoms with Gasteiger partial charge in [0, 0.05) is 32.2 Å². The zero-order valence-electron chi connectivity index (χ0n) is 12.3. The second-order valence-corrected chi connectivity index (χ2v) is 5.68. The van der Waals surface area contributed by atoms with E-state index in [2.05, 4.69) is 33.3 Å². The molecule has 0 radical (unpaired) electrons. The topological polar surface area (TPSA) is 27.7 Å². The van der Waals surface area contributed by atoms with Crippen molar-refractivity contribution in [2.24, 2.45) is 0 Å². The summed E-state index contributed by atoms with van der Waals surface area (Å²) < 4.78 is 5.48. The molecule has 3 rings (SSSR count). The minimum absolute atomic E-state index is 0.788. The van der Waals surface area contributed by atoms with Crippen LogP contribution in [-0.4, -0.2) is 57.3 Å². The van der Waals surface area contributed by atoms with Crippen molar-refractivity contribution in [3.63, 3.8) is 0 Å². The minimum Gasteiger partial charge on any atom is -0.495 e. The Bertz CT molecular complexity index is 423. The van der Waals surface area contributed by atoms with Crippen molar-refractivity contribution in [3.05, 3.63) is 24.3 Å². The maximum absolute atomic E-state index is 5.48. The van der Waals surface area contributed by atoms with E-state index in [9.17, 15) is 0 Å². The van der Waals surface area contributed by atoms with Gasteiger partial charge in [-0.15, -0.1) is 0 Å². The van der Waals surface area contributed by atoms with E-state index in [0.717, 1.165) is 24.9 Å². The van der Waals surface area contributed by atoms with E-state index in [-0.39, 0.29) is 0 Å². The molecule has 0 aliphatic carbocycles. The Morgan fingerprint density at radius 3 is 2.45 bits per heavy atom. The molecule has 1 aromatic rings. The number of para-hydroxylation sites is 2. The molecule has 4 heteroatoms. The predicted molar refractivity (Wildman–Crippen MR) is 82.7 cm³/mol. The summed E-state index contributed by atoms with van der Waals surface area (Å²) in [7, 11) is 1.75. The first-order valence-electron chi connectivity index (χ1n) is 7.71. The van der Waals surface area contributed by atoms with Crippen LogP contribution in [-0.2, 0) is 0 Å². The summed E-state index contributed by atoms with van der Waals surface area (Å²) in [4.78, 5) is 5.13. The summed E-state index contributed by atoms with van der Waals surface area (Å²) in [5.74, 6) is 0.989. The SMILES string of the molecule is COc1ccccc1N1CCN(C2CCNCC2)CC1. The van der Waals surface area contributed by atoms with E-state index in [1.165, 1.54) is 44.7 Å². The normalized spacial score (nSPS) is 21.9. The monoisotopic (exact) mass is 275 g/mol. The summed E-state index contributed by atoms with van der Waals surface area (Å²) in [6.07, 6.45) is 2.60. The van der Waals surface area contributed by atoms with Crippen molar-refractivity contribution >= 4 is 5.69 Å². The molecule has 2 aliphatic rings. The van der Waals surface area contributed by atoms with Crippen LogP contribution in [0, 0.1) is 0 Å². The number of ether oxygens (including phenoxy) is 1. The number of piperazine rings is 1. The van der Waals surface area contributed by atoms with Crippen LogP contribution in [0.3, 0.4) is 0 Å². The molecule has 2 fully saturated rings. The number of rotatable bonds is 3. The zero-order valence-corrected chi connectivity index (χ0v) is 12.3. The maximum Gasteiger partial charge on any atom is 0.142 e. The lowest BCUT2D eigenvalue weighted by molar-refractivity contribution is 0.153. The van der Waals surface area contributed by atoms with Gasteiger partial charge in [-0.1, -0.05) is 12.1 Å². The molecule has 0 unspecified atom stereocenters. The van der Waals surface area contributed by atoms with E-state index < -0.39 is 0 Å². The van der Waals surface area contributed by atoms with Crippen LogP contribution in [0.2, 0.25) is 0 Å². The number of hydrogen-bond donors (Lipinski definition) is 1. The molecule has 0 amide bonds. The first-order valence-corrected chi connectivity index (χ1v) is 7.71. The van der Waals surface area contributed by atoms with E-state index in [1.807, 2.05) is 6.07 Å². The first kappa shape index (κ1) is 13.7. The van der Waals surface area contributed by atoms with Crippen molar-refractivity contribution in [2.45, 2.75) is 18.9 Å². The smallest absolute Gasteiger partial charge is 0.142 e. The Hall–Kier alpha value is -1.26. The third-order valence-electron chi connectivity index (χ3n) is 4.57. The fourth-order valence-corrected chi connectivity index (χ4v) is 3.39. The van der Waals surface area contributed by atoms with Crippen molar-refractivity contribution in [2.75, 3.05) is 51.3 Å². The zero-order chi connectivity index (χ0) is 13.8. The fraction of sp³-hybridized carbons (Fsp3) is 0.625. The first-order chi connectivity index (χ1) is 9.88. The number of nitrogens with zero attached hydrogens (tertiary/aromatic N) is 2. The molecule has 1 N–H and O–H groups in total. The lowest BCUT2D eigenvalue weighted by atomic mass is 10.0. The lowest BCUT2D eigenvalue weighted by Crippen LogP contribution is -2.52. The highest BCUT2D eigenvalue weighted by molar-refractivity contribution is 5.58. The molecule has 1 aromatic carbocycles. The molecule has 20 heavy (non-hydrogen) atoms. The van der Waals surface area contributed by atoms with Gasteiger partial charge in [-0.05, 0) is 38.1 Å². The van der Waals surface area contributed by atoms with Crippen molar-refractivity contribution in [1.82, 2.24) is 10.2 Å². The standard InChI is InChI=1S/C16H25N3O/c1-20-16-5-3-2-4-15(16)19-12-10-18(11-13-19)14-6-8-17-9-7-14/h2-5,14,17H,6-13H2,1H3. The van der Waals surface area contributed by atoms with Crippen LogP contribution in [0.5, 0.6) is 5.75 Å². The molecule has 0 bridgehead atoms. The minimum atomic E-state index is 0.788. The highest BCUT2D eigenvalue weighted by Crippen LogP contribution is 2.28. The van der Waals surface area contributed by atoms with Crippen molar-refractivity contribution in [3.8, 4) is 5.75 Å². The van der Waals surface area contributed by atoms with Crippen molar-refractivity contribution in [1.29, 1.82) is 0 Å². The van der Waals surface area contributed by atoms with Crippen LogP contribution in [0.1, 0.15) is 12.8 Å². The Morgan fingerprint density at radius 2 is 1.75 bits per heavy atom. The Labute approximate surface area is 121 Å². The van der Waals surface area contributed by atoms with Gasteiger partial charge in [0.2, 0.25) is 0 Å². The summed E-state index contributed by atoms with van der Waals surface area (Å²) in [5.41, 5.74) is 1.24. The Morgan fingerprint density at radius 1 is 1.05 bits per heavy atom. The van der Waals surface area contributed by atoms with Crippen LogP contribution in [0.25, 0.3) is 0 Å². The average molecular weight is 275 g/mol. The van der Waals surface area contributed by atoms with Gasteiger partial charge in [-0.3, -0.25) is 4.90 Å². The van der Waals surface area contributed by atoms with Gasteiger partial charge in [0.25, 0.3) is 0 Å². The van der Waals surface area contributed by atoms with E-state index in [1.54, 1.807) is 7.11 Å². The molecule has 2 aliphatic heterocycles. The van der Waals surface area contributed by atoms with Gasteiger partial charge in [0.1, 0.15) is 5.75 Å². The third-order valence-corrected chi connectivity index (χ3v) is 4.57. The van der Waals surface area contributed by atoms with Crippen LogP contribution < -0.4 is 15.0 Å². The summed E-state index contributed by atoms with van der Waals surface area (Å²) in [6.45, 7) is 6.90. The number of methoxy groups -OCH3 is 1. The summed E-state index contributed by atoms with van der Waals surface area (Å²) in [5, 5.41) is 3.45. The number of piperidine rings is 1. The molecule has 0 atom stereocenters. The van der Waals surface area contributed by atoms with Crippen LogP contribution in [0.15, 0.2) is 24.3 Å². The maximum atomic E-state index is 5.48. The highest BCUT2D eigenvalue weighted by Gasteiger charge is 2.25. The van der Waals surface area contributed by atoms with E-state index >= 15 is 0 Å². The number of hydrogen-bond acceptors (Lipinski definition) is 4. The average Bonchev–Trinajstić information content (AvgIpc) is 2.56. The van der Waals surface area contributed by atoms with Crippen molar-refractivity contribution < 1.29 is 4.74 Å². The summed E-state index contributed by atoms with van der Waals surface area (Å²) >= 11 is 0. The molecule has 0 aromatic heterocycles. The number of nitrogens with one attached hydrogen (secondary N) is 1. The second-order valence-electron chi connectivity index (χ2n) is 5.68. The third kappa shape index (κ3) is 2.91. The highest BCUT2D eigenvalue weighted by atomic mass is 16.5. The van der Waals surface area contributed by atoms with Gasteiger partial charge in [0.05, 0.1) is 12.8 Å². The van der Waals surface area contributed by atoms with E-state index in [0.29, 0.717) is 0 Å². The number of anilines is 1. The molecule has 2 heterocycles. The summed E-state index contributed by atoms with van der Waals surface area (Å²) in [6, 6.07) is 9.13. The second kappa shape index (κ2) is 6.46. The lowest BCUT2D eigenvalue weighted by Gasteiger charge is -2.41. The van der Waals surface area contributed by atoms with Crippen LogP contribution in [0.4, 0.5) is 5.69 Å². The van der Waals surface area contributed by atoms with Gasteiger partial charge < -0.3 is 15.0 Å². The molecule has 2 saturated heterocycles. The van der Waals surface area contributed by atoms with Crippen LogP contribution >= 0.6 is 0 Å². The molecular formula is C16H25N3O. The molecular weight excluding hydrogens is 250 g/mol. The molecule has 4 nitrogen and oxygen atoms in total. The molecule has 0 saturated carbocycles. The van der Waals surface area contributed by atoms with Gasteiger partial charge in [-0.2, -0.15) is 0 Å². The molecule has 110 valence electrons. The Balaban J connectivity index is 1.60. The molecule has 0 spiro atoms. The van der Waals surface area contributed by atoms with E-state index in [4.69, 9.17) is 4.74 Å².